The Morgan fingerprint density at radius 3 is 2.52 bits per heavy atom. The van der Waals surface area contributed by atoms with Gasteiger partial charge >= 0.3 is 0 Å². The van der Waals surface area contributed by atoms with Crippen molar-refractivity contribution in [3.63, 3.8) is 0 Å². The van der Waals surface area contributed by atoms with Crippen LogP contribution >= 0.6 is 11.6 Å². The number of carbonyl (C=O) groups excluding carboxylic acids is 2. The molecule has 1 amide bonds. The van der Waals surface area contributed by atoms with E-state index < -0.39 is 23.5 Å². The lowest BCUT2D eigenvalue weighted by Crippen LogP contribution is -2.29. The number of rotatable bonds is 5. The van der Waals surface area contributed by atoms with Crippen molar-refractivity contribution in [3.8, 4) is 5.75 Å². The molecule has 1 aromatic heterocycles. The Morgan fingerprint density at radius 2 is 1.90 bits per heavy atom. The minimum absolute atomic E-state index is 0.102. The van der Waals surface area contributed by atoms with Crippen molar-refractivity contribution in [1.82, 2.24) is 0 Å². The summed E-state index contributed by atoms with van der Waals surface area (Å²) in [6.07, 6.45) is 2.29. The third-order valence-corrected chi connectivity index (χ3v) is 5.64. The zero-order chi connectivity index (χ0) is 22.1. The molecule has 0 saturated carbocycles. The van der Waals surface area contributed by atoms with Gasteiger partial charge in [0.05, 0.1) is 24.0 Å². The Morgan fingerprint density at radius 1 is 1.16 bits per heavy atom. The second-order valence-corrected chi connectivity index (χ2v) is 7.46. The molecule has 158 valence electrons. The van der Waals surface area contributed by atoms with Crippen molar-refractivity contribution in [2.45, 2.75) is 19.4 Å². The number of ketones is 1. The van der Waals surface area contributed by atoms with Crippen LogP contribution in [0.4, 0.5) is 5.69 Å². The van der Waals surface area contributed by atoms with E-state index in [2.05, 4.69) is 0 Å². The van der Waals surface area contributed by atoms with Gasteiger partial charge in [-0.2, -0.15) is 0 Å². The molecule has 1 saturated heterocycles. The van der Waals surface area contributed by atoms with Crippen molar-refractivity contribution in [3.05, 3.63) is 88.3 Å². The summed E-state index contributed by atoms with van der Waals surface area (Å²) in [7, 11) is 1.48. The maximum Gasteiger partial charge on any atom is 0.300 e. The highest BCUT2D eigenvalue weighted by Gasteiger charge is 2.48. The number of hydrogen-bond acceptors (Lipinski definition) is 5. The summed E-state index contributed by atoms with van der Waals surface area (Å²) in [4.78, 5) is 27.5. The van der Waals surface area contributed by atoms with Gasteiger partial charge in [0.1, 0.15) is 23.3 Å². The number of nitrogens with zero attached hydrogens (tertiary/aromatic N) is 1. The first-order valence-electron chi connectivity index (χ1n) is 9.73. The molecule has 1 atom stereocenters. The van der Waals surface area contributed by atoms with E-state index in [0.717, 1.165) is 12.0 Å². The lowest BCUT2D eigenvalue weighted by Gasteiger charge is -2.23. The smallest absolute Gasteiger partial charge is 0.300 e. The van der Waals surface area contributed by atoms with Crippen LogP contribution in [0.5, 0.6) is 5.75 Å². The first-order chi connectivity index (χ1) is 15.0. The average Bonchev–Trinajstić information content (AvgIpc) is 3.41. The molecule has 0 spiro atoms. The van der Waals surface area contributed by atoms with Crippen LogP contribution in [-0.4, -0.2) is 23.9 Å². The number of Topliss-reactive ketones (excluding diaryl/α,β-unsaturated/α-hetero) is 1. The van der Waals surface area contributed by atoms with E-state index >= 15 is 0 Å². The summed E-state index contributed by atoms with van der Waals surface area (Å²) in [5.74, 6) is -1.18. The number of amides is 1. The van der Waals surface area contributed by atoms with Gasteiger partial charge in [-0.25, -0.2) is 0 Å². The molecule has 1 aliphatic heterocycles. The van der Waals surface area contributed by atoms with Gasteiger partial charge in [-0.3, -0.25) is 14.5 Å². The van der Waals surface area contributed by atoms with Crippen LogP contribution in [0.1, 0.15) is 29.9 Å². The predicted octanol–water partition coefficient (Wildman–Crippen LogP) is 5.13. The summed E-state index contributed by atoms with van der Waals surface area (Å²) < 4.78 is 10.8. The van der Waals surface area contributed by atoms with Crippen molar-refractivity contribution >= 4 is 34.7 Å². The van der Waals surface area contributed by atoms with E-state index in [9.17, 15) is 14.7 Å². The molecule has 1 aliphatic rings. The molecular formula is C24H20ClNO5. The van der Waals surface area contributed by atoms with Crippen molar-refractivity contribution in [1.29, 1.82) is 0 Å². The summed E-state index contributed by atoms with van der Waals surface area (Å²) in [6.45, 7) is 2.03. The number of furan rings is 1. The number of hydrogen-bond donors (Lipinski definition) is 1. The normalized spacial score (nSPS) is 17.9. The third-order valence-electron chi connectivity index (χ3n) is 5.31. The number of methoxy groups -OCH3 is 1. The first-order valence-corrected chi connectivity index (χ1v) is 10.1. The third kappa shape index (κ3) is 3.59. The van der Waals surface area contributed by atoms with E-state index in [1.165, 1.54) is 24.3 Å². The van der Waals surface area contributed by atoms with Gasteiger partial charge in [0.15, 0.2) is 0 Å². The van der Waals surface area contributed by atoms with Gasteiger partial charge < -0.3 is 14.3 Å². The van der Waals surface area contributed by atoms with Crippen molar-refractivity contribution in [2.24, 2.45) is 0 Å². The lowest BCUT2D eigenvalue weighted by atomic mass is 9.99. The van der Waals surface area contributed by atoms with Crippen LogP contribution in [0.3, 0.4) is 0 Å². The number of benzene rings is 2. The summed E-state index contributed by atoms with van der Waals surface area (Å²) in [6, 6.07) is 14.4. The molecule has 0 aliphatic carbocycles. The van der Waals surface area contributed by atoms with Gasteiger partial charge in [0, 0.05) is 11.3 Å². The zero-order valence-electron chi connectivity index (χ0n) is 17.0. The van der Waals surface area contributed by atoms with Crippen LogP contribution in [0.15, 0.2) is 70.9 Å². The van der Waals surface area contributed by atoms with Gasteiger partial charge in [0.25, 0.3) is 11.7 Å². The molecule has 0 radical (unpaired) electrons. The number of aliphatic hydroxyl groups excluding tert-OH is 1. The van der Waals surface area contributed by atoms with Gasteiger partial charge in [0.2, 0.25) is 0 Å². The fraction of sp³-hybridized carbons (Fsp3) is 0.167. The second-order valence-electron chi connectivity index (χ2n) is 7.05. The average molecular weight is 438 g/mol. The van der Waals surface area contributed by atoms with E-state index in [-0.39, 0.29) is 16.2 Å². The SMILES string of the molecule is CCc1ccc(N2C(=O)C(=O)/C(=C(\O)c3cc(OC)ccc3Cl)C2c2ccco2)cc1. The van der Waals surface area contributed by atoms with Crippen LogP contribution < -0.4 is 9.64 Å². The number of ether oxygens (including phenoxy) is 1. The summed E-state index contributed by atoms with van der Waals surface area (Å²) in [5.41, 5.74) is 1.71. The molecule has 6 nitrogen and oxygen atoms in total. The molecule has 2 heterocycles. The van der Waals surface area contributed by atoms with E-state index in [4.69, 9.17) is 20.8 Å². The fourth-order valence-corrected chi connectivity index (χ4v) is 3.87. The van der Waals surface area contributed by atoms with Gasteiger partial charge in [-0.15, -0.1) is 0 Å². The number of carbonyl (C=O) groups is 2. The topological polar surface area (TPSA) is 80.0 Å². The Hall–Kier alpha value is -3.51. The zero-order valence-corrected chi connectivity index (χ0v) is 17.7. The molecule has 0 bridgehead atoms. The van der Waals surface area contributed by atoms with Gasteiger partial charge in [-0.1, -0.05) is 30.7 Å². The molecule has 1 unspecified atom stereocenters. The standard InChI is InChI=1S/C24H20ClNO5/c1-3-14-6-8-15(9-7-14)26-21(19-5-4-12-31-19)20(23(28)24(26)29)22(27)17-13-16(30-2)10-11-18(17)25/h4-13,21,27H,3H2,1-2H3/b22-20-. The highest BCUT2D eigenvalue weighted by Crippen LogP contribution is 2.43. The fourth-order valence-electron chi connectivity index (χ4n) is 3.67. The molecular weight excluding hydrogens is 418 g/mol. The van der Waals surface area contributed by atoms with E-state index in [0.29, 0.717) is 17.2 Å². The number of anilines is 1. The molecule has 1 N–H and O–H groups in total. The molecule has 7 heteroatoms. The number of halogens is 1. The molecule has 1 fully saturated rings. The van der Waals surface area contributed by atoms with E-state index in [1.54, 1.807) is 36.4 Å². The predicted molar refractivity (Wildman–Crippen MR) is 117 cm³/mol. The van der Waals surface area contributed by atoms with Crippen LogP contribution in [-0.2, 0) is 16.0 Å². The first kappa shape index (κ1) is 20.8. The Balaban J connectivity index is 1.92. The maximum absolute atomic E-state index is 13.1. The molecule has 3 aromatic rings. The van der Waals surface area contributed by atoms with Crippen molar-refractivity contribution < 1.29 is 23.8 Å². The summed E-state index contributed by atoms with van der Waals surface area (Å²) in [5, 5.41) is 11.3. The highest BCUT2D eigenvalue weighted by molar-refractivity contribution is 6.51. The molecule has 4 rings (SSSR count). The molecule has 31 heavy (non-hydrogen) atoms. The minimum atomic E-state index is -0.940. The largest absolute Gasteiger partial charge is 0.507 e. The number of aryl methyl sites for hydroxylation is 1. The Kier molecular flexibility index (Phi) is 5.57. The van der Waals surface area contributed by atoms with Crippen LogP contribution in [0.25, 0.3) is 5.76 Å². The minimum Gasteiger partial charge on any atom is -0.507 e. The second kappa shape index (κ2) is 8.32. The Bertz CT molecular complexity index is 1170. The quantitative estimate of drug-likeness (QED) is 0.340. The molecule has 2 aromatic carbocycles. The summed E-state index contributed by atoms with van der Waals surface area (Å²) >= 11 is 6.29. The highest BCUT2D eigenvalue weighted by atomic mass is 35.5. The Labute approximate surface area is 184 Å². The van der Waals surface area contributed by atoms with Crippen LogP contribution in [0, 0.1) is 0 Å². The monoisotopic (exact) mass is 437 g/mol. The van der Waals surface area contributed by atoms with Crippen LogP contribution in [0.2, 0.25) is 5.02 Å². The van der Waals surface area contributed by atoms with Crippen molar-refractivity contribution in [2.75, 3.05) is 12.0 Å². The van der Waals surface area contributed by atoms with E-state index in [1.807, 2.05) is 19.1 Å². The maximum atomic E-state index is 13.1. The van der Waals surface area contributed by atoms with Gasteiger partial charge in [-0.05, 0) is 54.4 Å². The lowest BCUT2D eigenvalue weighted by molar-refractivity contribution is -0.132. The number of aliphatic hydroxyl groups is 1.